The van der Waals surface area contributed by atoms with Gasteiger partial charge in [0.1, 0.15) is 0 Å². The molecule has 1 aromatic carbocycles. The van der Waals surface area contributed by atoms with Gasteiger partial charge in [0.05, 0.1) is 6.61 Å². The molecule has 0 saturated heterocycles. The number of hydrogen-bond acceptors (Lipinski definition) is 2. The number of aliphatic hydroxyl groups is 2. The average Bonchev–Trinajstić information content (AvgIpc) is 2.62. The molecule has 90 valence electrons. The van der Waals surface area contributed by atoms with E-state index in [1.807, 2.05) is 30.5 Å². The van der Waals surface area contributed by atoms with E-state index in [0.29, 0.717) is 0 Å². The Morgan fingerprint density at radius 3 is 2.31 bits per heavy atom. The third kappa shape index (κ3) is 4.48. The molecule has 1 heterocycles. The number of nitrogens with one attached hydrogen (secondary N) is 1. The maximum Gasteiger partial charge on any atom is 0.0702 e. The second kappa shape index (κ2) is 9.58. The molecule has 4 heteroatoms. The normalized spacial score (nSPS) is 8.44. The van der Waals surface area contributed by atoms with Crippen LogP contribution in [0.2, 0.25) is 0 Å². The number of benzene rings is 1. The number of aliphatic hydroxyl groups excluding tert-OH is 2. The first-order valence-electron chi connectivity index (χ1n) is 4.60. The third-order valence-electron chi connectivity index (χ3n) is 1.85. The summed E-state index contributed by atoms with van der Waals surface area (Å²) in [6, 6.07) is 7.93. The first-order valence-corrected chi connectivity index (χ1v) is 4.60. The summed E-state index contributed by atoms with van der Waals surface area (Å²) < 4.78 is 0. The van der Waals surface area contributed by atoms with Crippen molar-refractivity contribution in [2.45, 2.75) is 13.5 Å². The molecule has 2 rings (SSSR count). The predicted molar refractivity (Wildman–Crippen MR) is 63.4 cm³/mol. The van der Waals surface area contributed by atoms with Crippen LogP contribution in [0.3, 0.4) is 0 Å². The number of para-hydroxylation sites is 1. The topological polar surface area (TPSA) is 56.2 Å². The van der Waals surface area contributed by atoms with Crippen molar-refractivity contribution in [3.63, 3.8) is 0 Å². The second-order valence-corrected chi connectivity index (χ2v) is 2.83. The first-order chi connectivity index (χ1) is 6.83. The van der Waals surface area contributed by atoms with Gasteiger partial charge in [0.2, 0.25) is 0 Å². The molecule has 2 aromatic rings. The Labute approximate surface area is 111 Å². The van der Waals surface area contributed by atoms with Gasteiger partial charge in [-0.1, -0.05) is 18.2 Å². The predicted octanol–water partition coefficient (Wildman–Crippen LogP) is 2.11. The number of hydrogen-bond donors (Lipinski definition) is 3. The van der Waals surface area contributed by atoms with Crippen molar-refractivity contribution in [1.82, 2.24) is 4.98 Å². The van der Waals surface area contributed by atoms with Gasteiger partial charge in [-0.05, 0) is 13.0 Å². The molecule has 0 unspecified atom stereocenters. The van der Waals surface area contributed by atoms with Crippen molar-refractivity contribution in [2.24, 2.45) is 0 Å². The van der Waals surface area contributed by atoms with Crippen molar-refractivity contribution in [3.8, 4) is 0 Å². The first kappa shape index (κ1) is 17.8. The third-order valence-corrected chi connectivity index (χ3v) is 1.85. The monoisotopic (exact) mass is 392 g/mol. The van der Waals surface area contributed by atoms with Crippen LogP contribution < -0.4 is 0 Å². The van der Waals surface area contributed by atoms with Crippen molar-refractivity contribution in [1.29, 1.82) is 0 Å². The van der Waals surface area contributed by atoms with Crippen LogP contribution in [0.5, 0.6) is 0 Å². The Hall–Kier alpha value is -0.632. The molecule has 0 radical (unpaired) electrons. The number of aromatic nitrogens is 1. The molecule has 0 aliphatic heterocycles. The van der Waals surface area contributed by atoms with Gasteiger partial charge in [-0.15, -0.1) is 0 Å². The van der Waals surface area contributed by atoms with E-state index >= 15 is 0 Å². The quantitative estimate of drug-likeness (QED) is 0.652. The van der Waals surface area contributed by atoms with E-state index in [4.69, 9.17) is 10.2 Å². The molecule has 0 saturated carbocycles. The minimum atomic E-state index is 0. The Bertz CT molecular complexity index is 387. The molecular formula is C12H18NO2W-. The van der Waals surface area contributed by atoms with E-state index in [1.165, 1.54) is 0 Å². The number of fused-ring (bicyclic) bond motifs is 1. The molecule has 3 N–H and O–H groups in total. The molecule has 0 fully saturated rings. The van der Waals surface area contributed by atoms with Crippen molar-refractivity contribution >= 4 is 10.9 Å². The fraction of sp³-hybridized carbons (Fsp3) is 0.250. The minimum absolute atomic E-state index is 0. The molecule has 0 bridgehead atoms. The zero-order chi connectivity index (χ0) is 10.4. The summed E-state index contributed by atoms with van der Waals surface area (Å²) in [5, 5.41) is 17.6. The zero-order valence-corrected chi connectivity index (χ0v) is 12.5. The summed E-state index contributed by atoms with van der Waals surface area (Å²) in [5.74, 6) is 0. The Morgan fingerprint density at radius 2 is 1.75 bits per heavy atom. The van der Waals surface area contributed by atoms with Gasteiger partial charge in [0.15, 0.2) is 0 Å². The summed E-state index contributed by atoms with van der Waals surface area (Å²) >= 11 is 0. The van der Waals surface area contributed by atoms with Gasteiger partial charge in [-0.25, -0.2) is 0 Å². The summed E-state index contributed by atoms with van der Waals surface area (Å²) in [6.07, 6.45) is 1.84. The number of aromatic amines is 1. The van der Waals surface area contributed by atoms with E-state index in [2.05, 4.69) is 4.98 Å². The molecule has 0 spiro atoms. The summed E-state index contributed by atoms with van der Waals surface area (Å²) in [4.78, 5) is 3.08. The fourth-order valence-electron chi connectivity index (χ4n) is 1.26. The zero-order valence-electron chi connectivity index (χ0n) is 9.60. The molecule has 0 atom stereocenters. The van der Waals surface area contributed by atoms with E-state index in [-0.39, 0.29) is 41.7 Å². The molecule has 0 aliphatic carbocycles. The Morgan fingerprint density at radius 1 is 1.19 bits per heavy atom. The molecule has 3 nitrogen and oxygen atoms in total. The maximum absolute atomic E-state index is 8.90. The maximum atomic E-state index is 8.90. The largest absolute Gasteiger partial charge is 0.397 e. The molecule has 1 aromatic heterocycles. The average molecular weight is 392 g/mol. The van der Waals surface area contributed by atoms with Gasteiger partial charge in [-0.3, -0.25) is 0 Å². The van der Waals surface area contributed by atoms with Crippen molar-refractivity contribution in [2.75, 3.05) is 6.61 Å². The van der Waals surface area contributed by atoms with Crippen LogP contribution in [-0.2, 0) is 27.7 Å². The molecule has 16 heavy (non-hydrogen) atoms. The fourth-order valence-corrected chi connectivity index (χ4v) is 1.26. The number of rotatable bonds is 1. The van der Waals surface area contributed by atoms with E-state index in [0.717, 1.165) is 16.5 Å². The van der Waals surface area contributed by atoms with Crippen LogP contribution >= 0.6 is 0 Å². The van der Waals surface area contributed by atoms with Gasteiger partial charge in [0.25, 0.3) is 0 Å². The van der Waals surface area contributed by atoms with Crippen LogP contribution in [0, 0.1) is 7.43 Å². The summed E-state index contributed by atoms with van der Waals surface area (Å²) in [6.45, 7) is 2.03. The smallest absolute Gasteiger partial charge is 0.0702 e. The minimum Gasteiger partial charge on any atom is -0.397 e. The summed E-state index contributed by atoms with van der Waals surface area (Å²) in [5.41, 5.74) is 2.04. The number of H-pyrrole nitrogens is 1. The van der Waals surface area contributed by atoms with Crippen LogP contribution in [0.25, 0.3) is 10.9 Å². The van der Waals surface area contributed by atoms with Gasteiger partial charge >= 0.3 is 0 Å². The second-order valence-electron chi connectivity index (χ2n) is 2.83. The molecular weight excluding hydrogens is 374 g/mol. The van der Waals surface area contributed by atoms with Gasteiger partial charge < -0.3 is 22.6 Å². The Balaban J connectivity index is 0. The van der Waals surface area contributed by atoms with E-state index < -0.39 is 0 Å². The van der Waals surface area contributed by atoms with Crippen LogP contribution in [0.15, 0.2) is 30.5 Å². The van der Waals surface area contributed by atoms with Crippen molar-refractivity contribution in [3.05, 3.63) is 43.5 Å². The Kier molecular flexibility index (Phi) is 10.6. The summed E-state index contributed by atoms with van der Waals surface area (Å²) in [7, 11) is 0. The van der Waals surface area contributed by atoms with E-state index in [1.54, 1.807) is 6.92 Å². The van der Waals surface area contributed by atoms with Crippen LogP contribution in [-0.4, -0.2) is 21.8 Å². The molecule has 0 aliphatic rings. The van der Waals surface area contributed by atoms with Crippen molar-refractivity contribution < 1.29 is 31.3 Å². The van der Waals surface area contributed by atoms with E-state index in [9.17, 15) is 0 Å². The van der Waals surface area contributed by atoms with Crippen LogP contribution in [0.4, 0.5) is 0 Å². The SMILES string of the molecule is CCO.OCc1c[nH]c2ccccc12.[CH3-].[W]. The van der Waals surface area contributed by atoms with Gasteiger partial charge in [-0.2, -0.15) is 0 Å². The van der Waals surface area contributed by atoms with Crippen LogP contribution in [0.1, 0.15) is 12.5 Å². The standard InChI is InChI=1S/C9H9NO.C2H6O.CH3.W/c11-6-7-5-10-9-4-2-1-3-8(7)9;1-2-3;;/h1-5,10-11H,6H2;3H,2H2,1H3;1H3;/q;;-1;. The van der Waals surface area contributed by atoms with Gasteiger partial charge in [0, 0.05) is 50.3 Å². The molecule has 0 amide bonds.